The van der Waals surface area contributed by atoms with Gasteiger partial charge >= 0.3 is 0 Å². The Morgan fingerprint density at radius 1 is 1.52 bits per heavy atom. The maximum absolute atomic E-state index is 10.1. The minimum Gasteiger partial charge on any atom is -0.493 e. The summed E-state index contributed by atoms with van der Waals surface area (Å²) in [4.78, 5) is 0. The van der Waals surface area contributed by atoms with E-state index in [9.17, 15) is 5.11 Å². The molecule has 132 valence electrons. The Labute approximate surface area is 149 Å². The van der Waals surface area contributed by atoms with E-state index in [0.717, 1.165) is 35.5 Å². The molecular weight excluding hydrogens is 314 g/mol. The van der Waals surface area contributed by atoms with Gasteiger partial charge in [-0.25, -0.2) is 0 Å². The van der Waals surface area contributed by atoms with Crippen molar-refractivity contribution in [2.45, 2.75) is 43.9 Å². The van der Waals surface area contributed by atoms with Gasteiger partial charge in [0.25, 0.3) is 0 Å². The molecule has 1 aromatic carbocycles. The topological polar surface area (TPSA) is 38.7 Å². The van der Waals surface area contributed by atoms with Gasteiger partial charge in [-0.05, 0) is 24.5 Å². The molecule has 1 spiro atoms. The highest BCUT2D eigenvalue weighted by Crippen LogP contribution is 2.56. The van der Waals surface area contributed by atoms with Crippen LogP contribution in [0.4, 0.5) is 0 Å². The largest absolute Gasteiger partial charge is 0.493 e. The van der Waals surface area contributed by atoms with Gasteiger partial charge in [0, 0.05) is 24.0 Å². The number of ether oxygens (including phenoxy) is 2. The third kappa shape index (κ3) is 2.30. The number of methoxy groups -OCH3 is 1. The number of aryl methyl sites for hydroxylation is 1. The van der Waals surface area contributed by atoms with Crippen LogP contribution in [0.25, 0.3) is 0 Å². The van der Waals surface area contributed by atoms with Crippen LogP contribution in [0, 0.1) is 19.3 Å². The molecule has 3 aliphatic rings. The highest BCUT2D eigenvalue weighted by atomic mass is 16.5. The van der Waals surface area contributed by atoms with E-state index in [1.807, 2.05) is 6.08 Å². The molecule has 4 atom stereocenters. The maximum atomic E-state index is 10.1. The standard InChI is InChI=1S/C21H26NO3/c1-5-9-22(3)10-8-21-7-6-15(23)12-18(21)25-20-17(24-4)11-14(2)16(13-22)19(20)21/h1,6-7,11,15,18,23H,8-10,12-13H2,2-4H3/q+1/t15-,18-,21?,22?/m1/s1. The van der Waals surface area contributed by atoms with Crippen molar-refractivity contribution in [1.82, 2.24) is 0 Å². The molecule has 0 fully saturated rings. The van der Waals surface area contributed by atoms with Crippen LogP contribution in [0.1, 0.15) is 29.5 Å². The van der Waals surface area contributed by atoms with Gasteiger partial charge in [-0.2, -0.15) is 0 Å². The summed E-state index contributed by atoms with van der Waals surface area (Å²) in [6.45, 7) is 4.75. The summed E-state index contributed by atoms with van der Waals surface area (Å²) in [5, 5.41) is 10.1. The molecule has 2 aliphatic heterocycles. The average molecular weight is 340 g/mol. The first-order valence-electron chi connectivity index (χ1n) is 8.94. The third-order valence-corrected chi connectivity index (χ3v) is 6.25. The fourth-order valence-corrected chi connectivity index (χ4v) is 4.85. The Morgan fingerprint density at radius 2 is 2.32 bits per heavy atom. The number of aliphatic hydroxyl groups is 1. The van der Waals surface area contributed by atoms with Crippen molar-refractivity contribution < 1.29 is 19.1 Å². The molecule has 25 heavy (non-hydrogen) atoms. The van der Waals surface area contributed by atoms with E-state index in [4.69, 9.17) is 15.9 Å². The van der Waals surface area contributed by atoms with Crippen LogP contribution in [-0.4, -0.2) is 49.0 Å². The van der Waals surface area contributed by atoms with Crippen LogP contribution >= 0.6 is 0 Å². The molecule has 4 rings (SSSR count). The predicted octanol–water partition coefficient (Wildman–Crippen LogP) is 2.31. The predicted molar refractivity (Wildman–Crippen MR) is 96.7 cm³/mol. The van der Waals surface area contributed by atoms with Crippen LogP contribution in [-0.2, 0) is 12.0 Å². The van der Waals surface area contributed by atoms with Crippen molar-refractivity contribution >= 4 is 0 Å². The van der Waals surface area contributed by atoms with Gasteiger partial charge in [0.05, 0.1) is 32.2 Å². The second-order valence-electron chi connectivity index (χ2n) is 8.00. The van der Waals surface area contributed by atoms with Gasteiger partial charge < -0.3 is 19.1 Å². The lowest BCUT2D eigenvalue weighted by molar-refractivity contribution is -0.915. The van der Waals surface area contributed by atoms with Crippen LogP contribution in [0.2, 0.25) is 0 Å². The summed E-state index contributed by atoms with van der Waals surface area (Å²) < 4.78 is 12.8. The first kappa shape index (κ1) is 16.5. The Morgan fingerprint density at radius 3 is 3.04 bits per heavy atom. The first-order valence-corrected chi connectivity index (χ1v) is 8.94. The Kier molecular flexibility index (Phi) is 3.64. The highest BCUT2D eigenvalue weighted by molar-refractivity contribution is 5.63. The Balaban J connectivity index is 1.97. The molecule has 2 heterocycles. The number of hydrogen-bond donors (Lipinski definition) is 1. The number of benzene rings is 1. The molecule has 4 heteroatoms. The minimum atomic E-state index is -0.449. The number of aliphatic hydroxyl groups excluding tert-OH is 1. The number of rotatable bonds is 2. The zero-order valence-electron chi connectivity index (χ0n) is 15.2. The fourth-order valence-electron chi connectivity index (χ4n) is 4.85. The number of quaternary nitrogens is 1. The Hall–Kier alpha value is -1.96. The summed E-state index contributed by atoms with van der Waals surface area (Å²) in [6, 6.07) is 2.07. The molecule has 4 nitrogen and oxygen atoms in total. The molecule has 1 N–H and O–H groups in total. The first-order chi connectivity index (χ1) is 11.9. The SMILES string of the molecule is C#CC[N+]1(C)CCC23C=C[C@@H](O)C[C@H]2Oc2c(OC)cc(C)c(c23)C1. The molecule has 0 amide bonds. The summed E-state index contributed by atoms with van der Waals surface area (Å²) >= 11 is 0. The van der Waals surface area contributed by atoms with Crippen LogP contribution in [0.5, 0.6) is 11.5 Å². The lowest BCUT2D eigenvalue weighted by atomic mass is 9.68. The van der Waals surface area contributed by atoms with E-state index in [1.54, 1.807) is 7.11 Å². The lowest BCUT2D eigenvalue weighted by Gasteiger charge is -2.36. The maximum Gasteiger partial charge on any atom is 0.166 e. The molecular formula is C21H26NO3+. The molecule has 0 bridgehead atoms. The quantitative estimate of drug-likeness (QED) is 0.510. The molecule has 1 aromatic rings. The average Bonchev–Trinajstić information content (AvgIpc) is 2.83. The zero-order chi connectivity index (χ0) is 17.8. The summed E-state index contributed by atoms with van der Waals surface area (Å²) in [5.74, 6) is 4.52. The van der Waals surface area contributed by atoms with Crippen molar-refractivity contribution in [3.05, 3.63) is 34.9 Å². The van der Waals surface area contributed by atoms with Crippen molar-refractivity contribution in [1.29, 1.82) is 0 Å². The molecule has 0 saturated heterocycles. The van der Waals surface area contributed by atoms with Gasteiger partial charge in [0.1, 0.15) is 19.2 Å². The fraction of sp³-hybridized carbons (Fsp3) is 0.524. The monoisotopic (exact) mass is 340 g/mol. The van der Waals surface area contributed by atoms with E-state index in [-0.39, 0.29) is 11.5 Å². The minimum absolute atomic E-state index is 0.0469. The van der Waals surface area contributed by atoms with Gasteiger partial charge in [-0.15, -0.1) is 6.42 Å². The summed E-state index contributed by atoms with van der Waals surface area (Å²) in [7, 11) is 3.93. The van der Waals surface area contributed by atoms with Gasteiger partial charge in [-0.3, -0.25) is 0 Å². The molecule has 1 aliphatic carbocycles. The Bertz CT molecular complexity index is 793. The molecule has 0 saturated carbocycles. The van der Waals surface area contributed by atoms with Crippen molar-refractivity contribution in [3.63, 3.8) is 0 Å². The number of terminal acetylenes is 1. The van der Waals surface area contributed by atoms with Gasteiger partial charge in [0.2, 0.25) is 0 Å². The smallest absolute Gasteiger partial charge is 0.166 e. The van der Waals surface area contributed by atoms with Gasteiger partial charge in [0.15, 0.2) is 11.5 Å². The number of nitrogens with zero attached hydrogens (tertiary/aromatic N) is 1. The molecule has 2 unspecified atom stereocenters. The van der Waals surface area contributed by atoms with Crippen LogP contribution in [0.3, 0.4) is 0 Å². The van der Waals surface area contributed by atoms with Crippen LogP contribution in [0.15, 0.2) is 18.2 Å². The summed E-state index contributed by atoms with van der Waals surface area (Å²) in [5.41, 5.74) is 3.63. The number of hydrogen-bond acceptors (Lipinski definition) is 3. The van der Waals surface area contributed by atoms with E-state index in [2.05, 4.69) is 32.0 Å². The van der Waals surface area contributed by atoms with E-state index < -0.39 is 6.10 Å². The molecule has 0 radical (unpaired) electrons. The highest BCUT2D eigenvalue weighted by Gasteiger charge is 2.55. The van der Waals surface area contributed by atoms with Crippen LogP contribution < -0.4 is 9.47 Å². The van der Waals surface area contributed by atoms with Crippen molar-refractivity contribution in [2.24, 2.45) is 0 Å². The second-order valence-corrected chi connectivity index (χ2v) is 8.00. The normalized spacial score (nSPS) is 35.2. The second kappa shape index (κ2) is 5.52. The van der Waals surface area contributed by atoms with E-state index in [1.165, 1.54) is 16.7 Å². The molecule has 0 aromatic heterocycles. The van der Waals surface area contributed by atoms with Gasteiger partial charge in [-0.1, -0.05) is 12.2 Å². The van der Waals surface area contributed by atoms with Crippen molar-refractivity contribution in [3.8, 4) is 23.8 Å². The third-order valence-electron chi connectivity index (χ3n) is 6.25. The van der Waals surface area contributed by atoms with E-state index in [0.29, 0.717) is 13.0 Å². The van der Waals surface area contributed by atoms with E-state index >= 15 is 0 Å². The van der Waals surface area contributed by atoms with Crippen molar-refractivity contribution in [2.75, 3.05) is 27.2 Å². The zero-order valence-corrected chi connectivity index (χ0v) is 15.2. The lowest BCUT2D eigenvalue weighted by Crippen LogP contribution is -2.47. The summed E-state index contributed by atoms with van der Waals surface area (Å²) in [6.07, 6.45) is 10.9.